The molecule has 0 atom stereocenters. The number of alkyl carbamates (subject to hydrolysis) is 1. The molecule has 166 valence electrons. The molecule has 0 aromatic heterocycles. The van der Waals surface area contributed by atoms with Gasteiger partial charge in [0, 0.05) is 6.54 Å². The third-order valence-corrected chi connectivity index (χ3v) is 4.55. The zero-order valence-electron chi connectivity index (χ0n) is 18.5. The van der Waals surface area contributed by atoms with Crippen LogP contribution >= 0.6 is 24.0 Å². The van der Waals surface area contributed by atoms with E-state index >= 15 is 0 Å². The number of aliphatic imine (C=N–C) groups is 1. The van der Waals surface area contributed by atoms with Crippen LogP contribution in [0, 0.1) is 0 Å². The Morgan fingerprint density at radius 2 is 1.72 bits per heavy atom. The minimum atomic E-state index is -0.539. The lowest BCUT2D eigenvalue weighted by Crippen LogP contribution is -2.52. The fraction of sp³-hybridized carbons (Fsp3) is 0.619. The topological polar surface area (TPSA) is 98.0 Å². The number of benzene rings is 1. The molecule has 1 amide bonds. The standard InChI is InChI=1S/C21H36N4O3.HI/c1-7-21(8-2,25-19(26)28-20(3,4)5)15-24-18(22)23-14-13-16-9-11-17(27-6)12-10-16;/h9-12H,7-8,13-15H2,1-6H3,(H,25,26)(H3,22,23,24);1H. The lowest BCUT2D eigenvalue weighted by molar-refractivity contribution is 0.0452. The first kappa shape index (κ1) is 27.3. The van der Waals surface area contributed by atoms with E-state index in [1.807, 2.05) is 58.9 Å². The molecule has 0 heterocycles. The van der Waals surface area contributed by atoms with Crippen molar-refractivity contribution in [2.75, 3.05) is 20.2 Å². The van der Waals surface area contributed by atoms with Crippen molar-refractivity contribution in [3.63, 3.8) is 0 Å². The van der Waals surface area contributed by atoms with Gasteiger partial charge in [-0.2, -0.15) is 0 Å². The average molecular weight is 520 g/mol. The summed E-state index contributed by atoms with van der Waals surface area (Å²) in [6.07, 6.45) is 1.84. The normalized spacial score (nSPS) is 12.0. The van der Waals surface area contributed by atoms with Gasteiger partial charge in [0.05, 0.1) is 19.2 Å². The van der Waals surface area contributed by atoms with Crippen molar-refractivity contribution in [3.8, 4) is 5.75 Å². The molecule has 0 saturated heterocycles. The van der Waals surface area contributed by atoms with Gasteiger partial charge >= 0.3 is 6.09 Å². The number of ether oxygens (including phenoxy) is 2. The Bertz CT molecular complexity index is 638. The van der Waals surface area contributed by atoms with E-state index < -0.39 is 17.2 Å². The van der Waals surface area contributed by atoms with Crippen LogP contribution in [-0.2, 0) is 11.2 Å². The van der Waals surface area contributed by atoms with Crippen LogP contribution in [0.25, 0.3) is 0 Å². The molecule has 1 rings (SSSR count). The molecule has 1 aromatic rings. The SMILES string of the molecule is CCC(CC)(CN=C(N)NCCc1ccc(OC)cc1)NC(=O)OC(C)(C)C.I. The highest BCUT2D eigenvalue weighted by atomic mass is 127. The zero-order valence-corrected chi connectivity index (χ0v) is 20.8. The lowest BCUT2D eigenvalue weighted by atomic mass is 9.93. The second-order valence-corrected chi connectivity index (χ2v) is 7.84. The number of hydrogen-bond acceptors (Lipinski definition) is 4. The molecule has 7 nitrogen and oxygen atoms in total. The summed E-state index contributed by atoms with van der Waals surface area (Å²) in [5.74, 6) is 1.21. The summed E-state index contributed by atoms with van der Waals surface area (Å²) in [7, 11) is 1.65. The quantitative estimate of drug-likeness (QED) is 0.261. The number of amides is 1. The summed E-state index contributed by atoms with van der Waals surface area (Å²) >= 11 is 0. The van der Waals surface area contributed by atoms with E-state index in [-0.39, 0.29) is 24.0 Å². The smallest absolute Gasteiger partial charge is 0.408 e. The van der Waals surface area contributed by atoms with E-state index in [0.717, 1.165) is 25.0 Å². The summed E-state index contributed by atoms with van der Waals surface area (Å²) < 4.78 is 10.5. The molecule has 8 heteroatoms. The first-order valence-electron chi connectivity index (χ1n) is 9.81. The van der Waals surface area contributed by atoms with Crippen molar-refractivity contribution in [2.45, 2.75) is 65.0 Å². The minimum absolute atomic E-state index is 0. The van der Waals surface area contributed by atoms with Crippen LogP contribution in [0.2, 0.25) is 0 Å². The van der Waals surface area contributed by atoms with Crippen LogP contribution in [0.5, 0.6) is 5.75 Å². The molecular weight excluding hydrogens is 483 g/mol. The predicted molar refractivity (Wildman–Crippen MR) is 129 cm³/mol. The number of methoxy groups -OCH3 is 1. The summed E-state index contributed by atoms with van der Waals surface area (Å²) in [6.45, 7) is 10.6. The van der Waals surface area contributed by atoms with Gasteiger partial charge in [-0.3, -0.25) is 4.99 Å². The number of nitrogens with two attached hydrogens (primary N) is 1. The number of guanidine groups is 1. The van der Waals surface area contributed by atoms with E-state index in [9.17, 15) is 4.79 Å². The Morgan fingerprint density at radius 1 is 1.14 bits per heavy atom. The van der Waals surface area contributed by atoms with Gasteiger partial charge in [-0.15, -0.1) is 24.0 Å². The maximum absolute atomic E-state index is 12.2. The Morgan fingerprint density at radius 3 is 2.21 bits per heavy atom. The molecule has 4 N–H and O–H groups in total. The van der Waals surface area contributed by atoms with Gasteiger partial charge in [-0.1, -0.05) is 26.0 Å². The minimum Gasteiger partial charge on any atom is -0.497 e. The van der Waals surface area contributed by atoms with Crippen LogP contribution in [0.15, 0.2) is 29.3 Å². The third-order valence-electron chi connectivity index (χ3n) is 4.55. The first-order chi connectivity index (χ1) is 13.1. The molecule has 0 saturated carbocycles. The fourth-order valence-electron chi connectivity index (χ4n) is 2.63. The number of nitrogens with zero attached hydrogens (tertiary/aromatic N) is 1. The van der Waals surface area contributed by atoms with E-state index in [1.54, 1.807) is 7.11 Å². The lowest BCUT2D eigenvalue weighted by Gasteiger charge is -2.32. The van der Waals surface area contributed by atoms with Crippen molar-refractivity contribution in [1.29, 1.82) is 0 Å². The van der Waals surface area contributed by atoms with Gasteiger partial charge in [0.2, 0.25) is 0 Å². The van der Waals surface area contributed by atoms with Gasteiger partial charge < -0.3 is 25.8 Å². The van der Waals surface area contributed by atoms with Crippen molar-refractivity contribution >= 4 is 36.0 Å². The largest absolute Gasteiger partial charge is 0.497 e. The number of rotatable bonds is 9. The molecular formula is C21H37IN4O3. The van der Waals surface area contributed by atoms with E-state index in [0.29, 0.717) is 19.0 Å². The Hall–Kier alpha value is -1.71. The zero-order chi connectivity index (χ0) is 21.2. The van der Waals surface area contributed by atoms with Crippen LogP contribution in [-0.4, -0.2) is 43.4 Å². The monoisotopic (exact) mass is 520 g/mol. The number of halogens is 1. The second-order valence-electron chi connectivity index (χ2n) is 7.84. The molecule has 29 heavy (non-hydrogen) atoms. The molecule has 1 aromatic carbocycles. The van der Waals surface area contributed by atoms with E-state index in [2.05, 4.69) is 15.6 Å². The Balaban J connectivity index is 0.00000784. The van der Waals surface area contributed by atoms with E-state index in [4.69, 9.17) is 15.2 Å². The summed E-state index contributed by atoms with van der Waals surface area (Å²) in [4.78, 5) is 16.6. The van der Waals surface area contributed by atoms with Gasteiger partial charge in [0.25, 0.3) is 0 Å². The highest BCUT2D eigenvalue weighted by Gasteiger charge is 2.30. The maximum Gasteiger partial charge on any atom is 0.408 e. The average Bonchev–Trinajstić information content (AvgIpc) is 2.64. The highest BCUT2D eigenvalue weighted by molar-refractivity contribution is 14.0. The summed E-state index contributed by atoms with van der Waals surface area (Å²) in [6, 6.07) is 7.92. The van der Waals surface area contributed by atoms with Crippen LogP contribution in [0.3, 0.4) is 0 Å². The number of hydrogen-bond donors (Lipinski definition) is 3. The number of carbonyl (C=O) groups excluding carboxylic acids is 1. The van der Waals surface area contributed by atoms with Crippen LogP contribution in [0.4, 0.5) is 4.79 Å². The van der Waals surface area contributed by atoms with Gasteiger partial charge in [-0.05, 0) is 57.7 Å². The molecule has 0 aliphatic rings. The van der Waals surface area contributed by atoms with Crippen LogP contribution < -0.4 is 21.1 Å². The second kappa shape index (κ2) is 12.8. The summed E-state index contributed by atoms with van der Waals surface area (Å²) in [5.41, 5.74) is 6.17. The van der Waals surface area contributed by atoms with Gasteiger partial charge in [-0.25, -0.2) is 4.79 Å². The van der Waals surface area contributed by atoms with Crippen molar-refractivity contribution in [1.82, 2.24) is 10.6 Å². The van der Waals surface area contributed by atoms with Crippen LogP contribution in [0.1, 0.15) is 53.0 Å². The van der Waals surface area contributed by atoms with E-state index in [1.165, 1.54) is 5.56 Å². The predicted octanol–water partition coefficient (Wildman–Crippen LogP) is 3.84. The molecule has 0 spiro atoms. The number of nitrogens with one attached hydrogen (secondary N) is 2. The van der Waals surface area contributed by atoms with Crippen molar-refractivity contribution < 1.29 is 14.3 Å². The molecule has 0 aliphatic heterocycles. The molecule has 0 unspecified atom stereocenters. The molecule has 0 bridgehead atoms. The van der Waals surface area contributed by atoms with Crippen molar-refractivity contribution in [2.24, 2.45) is 10.7 Å². The molecule has 0 radical (unpaired) electrons. The summed E-state index contributed by atoms with van der Waals surface area (Å²) in [5, 5.41) is 6.10. The van der Waals surface area contributed by atoms with Gasteiger partial charge in [0.15, 0.2) is 5.96 Å². The van der Waals surface area contributed by atoms with Crippen molar-refractivity contribution in [3.05, 3.63) is 29.8 Å². The Labute approximate surface area is 192 Å². The third kappa shape index (κ3) is 10.6. The molecule has 0 aliphatic carbocycles. The maximum atomic E-state index is 12.2. The first-order valence-corrected chi connectivity index (χ1v) is 9.81. The fourth-order valence-corrected chi connectivity index (χ4v) is 2.63. The molecule has 0 fully saturated rings. The van der Waals surface area contributed by atoms with Gasteiger partial charge in [0.1, 0.15) is 11.4 Å². The highest BCUT2D eigenvalue weighted by Crippen LogP contribution is 2.17. The Kier molecular flexibility index (Phi) is 12.0. The number of carbonyl (C=O) groups is 1.